The highest BCUT2D eigenvalue weighted by Crippen LogP contribution is 2.07. The van der Waals surface area contributed by atoms with Crippen molar-refractivity contribution in [3.8, 4) is 0 Å². The van der Waals surface area contributed by atoms with Gasteiger partial charge in [0.25, 0.3) is 0 Å². The van der Waals surface area contributed by atoms with E-state index < -0.39 is 11.6 Å². The number of benzene rings is 1. The summed E-state index contributed by atoms with van der Waals surface area (Å²) in [4.78, 5) is 0. The molecule has 16 heavy (non-hydrogen) atoms. The lowest BCUT2D eigenvalue weighted by Gasteiger charge is -1.99. The number of nitrogens with one attached hydrogen (secondary N) is 1. The smallest absolute Gasteiger partial charge is 0.159 e. The summed E-state index contributed by atoms with van der Waals surface area (Å²) in [6.07, 6.45) is 1.25. The standard InChI is InChI=1S/C8H9F2N.C3H8.C2H6.H2/c1-11-5-6-2-3-7(9)8(10)4-6;1-3-2;1-2;/h2-4,11H,5H2,1H3;3H2,1-2H3;1-2H3;1H. The second kappa shape index (κ2) is 12.1. The zero-order valence-electron chi connectivity index (χ0n) is 10.9. The van der Waals surface area contributed by atoms with E-state index in [1.54, 1.807) is 13.1 Å². The molecule has 0 unspecified atom stereocenters. The molecule has 3 heteroatoms. The maximum Gasteiger partial charge on any atom is 0.159 e. The lowest BCUT2D eigenvalue weighted by atomic mass is 10.2. The largest absolute Gasteiger partial charge is 0.316 e. The minimum atomic E-state index is -0.801. The van der Waals surface area contributed by atoms with Crippen LogP contribution in [-0.2, 0) is 6.54 Å². The fourth-order valence-electron chi connectivity index (χ4n) is 0.854. The van der Waals surface area contributed by atoms with Crippen molar-refractivity contribution >= 4 is 0 Å². The molecule has 0 fully saturated rings. The maximum atomic E-state index is 12.5. The van der Waals surface area contributed by atoms with Crippen LogP contribution in [0.4, 0.5) is 8.78 Å². The Bertz CT molecular complexity index is 268. The normalized spacial score (nSPS) is 8.44. The summed E-state index contributed by atoms with van der Waals surface area (Å²) in [6.45, 7) is 8.80. The van der Waals surface area contributed by atoms with Gasteiger partial charge in [0.15, 0.2) is 11.6 Å². The van der Waals surface area contributed by atoms with Crippen molar-refractivity contribution in [1.82, 2.24) is 5.32 Å². The van der Waals surface area contributed by atoms with Gasteiger partial charge in [-0.05, 0) is 24.7 Å². The van der Waals surface area contributed by atoms with Gasteiger partial charge in [-0.2, -0.15) is 0 Å². The van der Waals surface area contributed by atoms with Gasteiger partial charge in [0, 0.05) is 7.97 Å². The van der Waals surface area contributed by atoms with Crippen LogP contribution in [0.15, 0.2) is 18.2 Å². The van der Waals surface area contributed by atoms with Crippen molar-refractivity contribution in [1.29, 1.82) is 0 Å². The number of rotatable bonds is 2. The van der Waals surface area contributed by atoms with Gasteiger partial charge >= 0.3 is 0 Å². The summed E-state index contributed by atoms with van der Waals surface area (Å²) < 4.78 is 24.8. The van der Waals surface area contributed by atoms with Gasteiger partial charge in [-0.25, -0.2) is 8.78 Å². The molecule has 0 amide bonds. The quantitative estimate of drug-likeness (QED) is 0.799. The number of hydrogen-bond acceptors (Lipinski definition) is 1. The van der Waals surface area contributed by atoms with Gasteiger partial charge < -0.3 is 5.32 Å². The molecule has 1 aromatic rings. The Kier molecular flexibility index (Phi) is 13.2. The predicted molar refractivity (Wildman–Crippen MR) is 68.5 cm³/mol. The number of hydrogen-bond donors (Lipinski definition) is 1. The van der Waals surface area contributed by atoms with E-state index in [1.165, 1.54) is 12.5 Å². The van der Waals surface area contributed by atoms with E-state index in [9.17, 15) is 8.78 Å². The van der Waals surface area contributed by atoms with Crippen LogP contribution in [0.1, 0.15) is 41.1 Å². The molecule has 0 aliphatic heterocycles. The Morgan fingerprint density at radius 2 is 1.62 bits per heavy atom. The minimum Gasteiger partial charge on any atom is -0.316 e. The zero-order valence-corrected chi connectivity index (χ0v) is 10.9. The molecule has 96 valence electrons. The molecule has 0 atom stereocenters. The molecular weight excluding hydrogens is 208 g/mol. The van der Waals surface area contributed by atoms with E-state index in [2.05, 4.69) is 19.2 Å². The molecule has 1 N–H and O–H groups in total. The fraction of sp³-hybridized carbons (Fsp3) is 0.538. The monoisotopic (exact) mass is 233 g/mol. The Morgan fingerprint density at radius 3 is 2.00 bits per heavy atom. The van der Waals surface area contributed by atoms with Crippen LogP contribution in [-0.4, -0.2) is 7.05 Å². The minimum absolute atomic E-state index is 0. The summed E-state index contributed by atoms with van der Waals surface area (Å²) in [5.74, 6) is -1.59. The van der Waals surface area contributed by atoms with Crippen molar-refractivity contribution in [2.75, 3.05) is 7.05 Å². The Hall–Kier alpha value is -0.960. The molecule has 0 spiro atoms. The third kappa shape index (κ3) is 8.36. The SMILES string of the molecule is CC.CCC.CNCc1ccc(F)c(F)c1.[HH]. The van der Waals surface area contributed by atoms with Gasteiger partial charge in [-0.3, -0.25) is 0 Å². The summed E-state index contributed by atoms with van der Waals surface area (Å²) >= 11 is 0. The molecule has 0 aliphatic carbocycles. The number of halogens is 2. The summed E-state index contributed by atoms with van der Waals surface area (Å²) in [6, 6.07) is 3.86. The van der Waals surface area contributed by atoms with E-state index in [0.29, 0.717) is 6.54 Å². The first-order chi connectivity index (χ1) is 7.65. The molecule has 0 radical (unpaired) electrons. The van der Waals surface area contributed by atoms with Crippen molar-refractivity contribution in [3.63, 3.8) is 0 Å². The van der Waals surface area contributed by atoms with Gasteiger partial charge in [0.2, 0.25) is 0 Å². The van der Waals surface area contributed by atoms with Gasteiger partial charge in [-0.15, -0.1) is 0 Å². The van der Waals surface area contributed by atoms with Crippen LogP contribution < -0.4 is 5.32 Å². The molecule has 0 saturated carbocycles. The first-order valence-electron chi connectivity index (χ1n) is 5.74. The average molecular weight is 233 g/mol. The van der Waals surface area contributed by atoms with Gasteiger partial charge in [0.05, 0.1) is 0 Å². The second-order valence-corrected chi connectivity index (χ2v) is 2.99. The van der Waals surface area contributed by atoms with E-state index in [4.69, 9.17) is 0 Å². The zero-order chi connectivity index (χ0) is 13.0. The molecule has 1 rings (SSSR count). The van der Waals surface area contributed by atoms with E-state index in [0.717, 1.165) is 11.6 Å². The highest BCUT2D eigenvalue weighted by Gasteiger charge is 2.00. The molecule has 0 saturated heterocycles. The first-order valence-corrected chi connectivity index (χ1v) is 5.74. The molecule has 1 nitrogen and oxygen atoms in total. The average Bonchev–Trinajstić information content (AvgIpc) is 2.28. The van der Waals surface area contributed by atoms with E-state index >= 15 is 0 Å². The maximum absolute atomic E-state index is 12.5. The Balaban J connectivity index is -0.000000286. The third-order valence-corrected chi connectivity index (χ3v) is 1.36. The lowest BCUT2D eigenvalue weighted by molar-refractivity contribution is 0.506. The van der Waals surface area contributed by atoms with Crippen molar-refractivity contribution in [2.24, 2.45) is 0 Å². The molecule has 1 aromatic carbocycles. The van der Waals surface area contributed by atoms with Gasteiger partial charge in [0.1, 0.15) is 0 Å². The highest BCUT2D eigenvalue weighted by molar-refractivity contribution is 5.17. The van der Waals surface area contributed by atoms with Gasteiger partial charge in [-0.1, -0.05) is 40.2 Å². The summed E-state index contributed by atoms with van der Waals surface area (Å²) in [5, 5.41) is 2.84. The molecule has 0 bridgehead atoms. The first kappa shape index (κ1) is 17.4. The van der Waals surface area contributed by atoms with Crippen LogP contribution in [0.3, 0.4) is 0 Å². The van der Waals surface area contributed by atoms with Crippen molar-refractivity contribution < 1.29 is 10.2 Å². The van der Waals surface area contributed by atoms with Crippen molar-refractivity contribution in [2.45, 2.75) is 40.7 Å². The molecule has 0 aromatic heterocycles. The van der Waals surface area contributed by atoms with E-state index in [-0.39, 0.29) is 1.43 Å². The second-order valence-electron chi connectivity index (χ2n) is 2.99. The Labute approximate surface area is 99.4 Å². The topological polar surface area (TPSA) is 12.0 Å². The predicted octanol–water partition coefficient (Wildman–Crippen LogP) is 4.37. The van der Waals surface area contributed by atoms with Crippen molar-refractivity contribution in [3.05, 3.63) is 35.4 Å². The molecule has 0 aliphatic rings. The summed E-state index contributed by atoms with van der Waals surface area (Å²) in [7, 11) is 1.75. The lowest BCUT2D eigenvalue weighted by Crippen LogP contribution is -2.05. The van der Waals surface area contributed by atoms with Crippen LogP contribution >= 0.6 is 0 Å². The molecular formula is C13H25F2N. The van der Waals surface area contributed by atoms with Crippen LogP contribution in [0.5, 0.6) is 0 Å². The van der Waals surface area contributed by atoms with E-state index in [1.807, 2.05) is 13.8 Å². The fourth-order valence-corrected chi connectivity index (χ4v) is 0.854. The Morgan fingerprint density at radius 1 is 1.12 bits per heavy atom. The third-order valence-electron chi connectivity index (χ3n) is 1.36. The molecule has 0 heterocycles. The highest BCUT2D eigenvalue weighted by atomic mass is 19.2. The van der Waals surface area contributed by atoms with Crippen LogP contribution in [0.25, 0.3) is 0 Å². The van der Waals surface area contributed by atoms with Crippen LogP contribution in [0.2, 0.25) is 0 Å². The summed E-state index contributed by atoms with van der Waals surface area (Å²) in [5.41, 5.74) is 0.742. The van der Waals surface area contributed by atoms with Crippen LogP contribution in [0, 0.1) is 11.6 Å².